The number of rotatable bonds is 5. The van der Waals surface area contributed by atoms with Crippen molar-refractivity contribution in [3.05, 3.63) is 18.5 Å². The quantitative estimate of drug-likeness (QED) is 0.667. The molecular weight excluding hydrogens is 282 g/mol. The van der Waals surface area contributed by atoms with E-state index in [-0.39, 0.29) is 0 Å². The van der Waals surface area contributed by atoms with Crippen molar-refractivity contribution < 1.29 is 0 Å². The van der Waals surface area contributed by atoms with Crippen molar-refractivity contribution in [2.75, 3.05) is 31.9 Å². The van der Waals surface area contributed by atoms with Crippen LogP contribution in [0.4, 0.5) is 0 Å². The van der Waals surface area contributed by atoms with E-state index in [0.717, 1.165) is 38.7 Å². The van der Waals surface area contributed by atoms with E-state index in [0.29, 0.717) is 11.2 Å². The van der Waals surface area contributed by atoms with E-state index in [1.165, 1.54) is 5.75 Å². The van der Waals surface area contributed by atoms with Gasteiger partial charge in [-0.2, -0.15) is 16.9 Å². The van der Waals surface area contributed by atoms with Gasteiger partial charge in [-0.1, -0.05) is 13.8 Å². The van der Waals surface area contributed by atoms with Gasteiger partial charge >= 0.3 is 0 Å². The number of nitrogens with zero attached hydrogens (tertiary/aromatic N) is 4. The number of aromatic nitrogens is 2. The molecule has 1 atom stereocenters. The summed E-state index contributed by atoms with van der Waals surface area (Å²) < 4.78 is 1.93. The zero-order chi connectivity index (χ0) is 15.1. The molecule has 1 fully saturated rings. The maximum absolute atomic E-state index is 4.77. The van der Waals surface area contributed by atoms with Crippen LogP contribution in [0.15, 0.2) is 23.5 Å². The van der Waals surface area contributed by atoms with Crippen LogP contribution < -0.4 is 5.32 Å². The zero-order valence-corrected chi connectivity index (χ0v) is 14.1. The number of guanidine groups is 1. The van der Waals surface area contributed by atoms with E-state index < -0.39 is 0 Å². The molecule has 0 saturated carbocycles. The van der Waals surface area contributed by atoms with Gasteiger partial charge in [-0.3, -0.25) is 9.67 Å². The predicted molar refractivity (Wildman–Crippen MR) is 90.9 cm³/mol. The van der Waals surface area contributed by atoms with Gasteiger partial charge in [-0.25, -0.2) is 0 Å². The minimum atomic E-state index is 0.703. The molecule has 5 nitrogen and oxygen atoms in total. The summed E-state index contributed by atoms with van der Waals surface area (Å²) in [6.07, 6.45) is 3.79. The highest BCUT2D eigenvalue weighted by atomic mass is 32.2. The molecule has 1 aliphatic heterocycles. The third-order valence-electron chi connectivity index (χ3n) is 3.62. The van der Waals surface area contributed by atoms with E-state index in [1.807, 2.05) is 23.1 Å². The van der Waals surface area contributed by atoms with Crippen molar-refractivity contribution in [3.8, 4) is 0 Å². The molecule has 2 heterocycles. The predicted octanol–water partition coefficient (Wildman–Crippen LogP) is 1.92. The van der Waals surface area contributed by atoms with Crippen LogP contribution in [0, 0.1) is 5.92 Å². The topological polar surface area (TPSA) is 45.5 Å². The Labute approximate surface area is 132 Å². The molecule has 0 spiro atoms. The second-order valence-corrected chi connectivity index (χ2v) is 6.95. The molecule has 2 rings (SSSR count). The standard InChI is InChI=1S/C15H27N5S/c1-4-16-15(17-7-9-20-8-5-6-18-20)19-10-11-21-14(12-19)13(2)3/h5-6,8,13-14H,4,7,9-12H2,1-3H3,(H,16,17). The summed E-state index contributed by atoms with van der Waals surface area (Å²) in [4.78, 5) is 7.18. The Hall–Kier alpha value is -1.17. The third-order valence-corrected chi connectivity index (χ3v) is 5.16. The van der Waals surface area contributed by atoms with Gasteiger partial charge in [0.1, 0.15) is 0 Å². The lowest BCUT2D eigenvalue weighted by Gasteiger charge is -2.36. The average Bonchev–Trinajstić information content (AvgIpc) is 3.00. The molecule has 6 heteroatoms. The number of aliphatic imine (C=N–C) groups is 1. The lowest BCUT2D eigenvalue weighted by Crippen LogP contribution is -2.49. The minimum absolute atomic E-state index is 0.703. The average molecular weight is 309 g/mol. The number of thioether (sulfide) groups is 1. The van der Waals surface area contributed by atoms with Gasteiger partial charge in [0.25, 0.3) is 0 Å². The Morgan fingerprint density at radius 2 is 2.38 bits per heavy atom. The number of hydrogen-bond acceptors (Lipinski definition) is 3. The molecule has 1 aliphatic rings. The van der Waals surface area contributed by atoms with E-state index in [1.54, 1.807) is 0 Å². The Balaban J connectivity index is 1.93. The van der Waals surface area contributed by atoms with Crippen molar-refractivity contribution in [3.63, 3.8) is 0 Å². The van der Waals surface area contributed by atoms with Crippen molar-refractivity contribution in [2.24, 2.45) is 10.9 Å². The smallest absolute Gasteiger partial charge is 0.194 e. The van der Waals surface area contributed by atoms with E-state index >= 15 is 0 Å². The summed E-state index contributed by atoms with van der Waals surface area (Å²) in [7, 11) is 0. The SMILES string of the molecule is CCNC(=NCCn1cccn1)N1CCSC(C(C)C)C1. The van der Waals surface area contributed by atoms with Gasteiger partial charge in [-0.15, -0.1) is 0 Å². The van der Waals surface area contributed by atoms with Crippen molar-refractivity contribution in [1.29, 1.82) is 0 Å². The lowest BCUT2D eigenvalue weighted by molar-refractivity contribution is 0.380. The monoisotopic (exact) mass is 309 g/mol. The van der Waals surface area contributed by atoms with E-state index in [9.17, 15) is 0 Å². The second-order valence-electron chi connectivity index (χ2n) is 5.60. The fourth-order valence-electron chi connectivity index (χ4n) is 2.39. The van der Waals surface area contributed by atoms with Gasteiger partial charge in [0.2, 0.25) is 0 Å². The summed E-state index contributed by atoms with van der Waals surface area (Å²) in [5, 5.41) is 8.35. The van der Waals surface area contributed by atoms with Crippen LogP contribution in [-0.2, 0) is 6.54 Å². The molecule has 1 N–H and O–H groups in total. The maximum atomic E-state index is 4.77. The molecule has 1 aromatic heterocycles. The van der Waals surface area contributed by atoms with Crippen LogP contribution in [0.3, 0.4) is 0 Å². The minimum Gasteiger partial charge on any atom is -0.357 e. The van der Waals surface area contributed by atoms with Crippen molar-refractivity contribution in [1.82, 2.24) is 20.0 Å². The number of hydrogen-bond donors (Lipinski definition) is 1. The summed E-state index contributed by atoms with van der Waals surface area (Å²) in [6.45, 7) is 11.4. The van der Waals surface area contributed by atoms with Crippen LogP contribution in [-0.4, -0.2) is 57.8 Å². The highest BCUT2D eigenvalue weighted by molar-refractivity contribution is 8.00. The third kappa shape index (κ3) is 4.95. The first kappa shape index (κ1) is 16.2. The second kappa shape index (κ2) is 8.32. The summed E-state index contributed by atoms with van der Waals surface area (Å²) in [5.74, 6) is 2.95. The molecule has 21 heavy (non-hydrogen) atoms. The molecule has 0 amide bonds. The highest BCUT2D eigenvalue weighted by Crippen LogP contribution is 2.24. The molecule has 0 aromatic carbocycles. The summed E-state index contributed by atoms with van der Waals surface area (Å²) in [6, 6.07) is 1.95. The molecule has 1 saturated heterocycles. The van der Waals surface area contributed by atoms with Crippen LogP contribution in [0.2, 0.25) is 0 Å². The van der Waals surface area contributed by atoms with Crippen LogP contribution >= 0.6 is 11.8 Å². The summed E-state index contributed by atoms with van der Waals surface area (Å²) in [5.41, 5.74) is 0. The largest absolute Gasteiger partial charge is 0.357 e. The fraction of sp³-hybridized carbons (Fsp3) is 0.733. The van der Waals surface area contributed by atoms with E-state index in [4.69, 9.17) is 4.99 Å². The molecular formula is C15H27N5S. The van der Waals surface area contributed by atoms with E-state index in [2.05, 4.69) is 47.8 Å². The van der Waals surface area contributed by atoms with Crippen LogP contribution in [0.25, 0.3) is 0 Å². The Bertz CT molecular complexity index is 429. The Morgan fingerprint density at radius 1 is 1.52 bits per heavy atom. The Morgan fingerprint density at radius 3 is 3.05 bits per heavy atom. The first-order valence-corrected chi connectivity index (χ1v) is 8.88. The van der Waals surface area contributed by atoms with Crippen LogP contribution in [0.1, 0.15) is 20.8 Å². The van der Waals surface area contributed by atoms with Crippen molar-refractivity contribution in [2.45, 2.75) is 32.6 Å². The Kier molecular flexibility index (Phi) is 6.42. The molecule has 0 bridgehead atoms. The maximum Gasteiger partial charge on any atom is 0.194 e. The normalized spacial score (nSPS) is 20.1. The molecule has 118 valence electrons. The fourth-order valence-corrected chi connectivity index (χ4v) is 3.69. The molecule has 0 radical (unpaired) electrons. The number of nitrogens with one attached hydrogen (secondary N) is 1. The first-order chi connectivity index (χ1) is 10.2. The zero-order valence-electron chi connectivity index (χ0n) is 13.3. The van der Waals surface area contributed by atoms with Crippen molar-refractivity contribution >= 4 is 17.7 Å². The van der Waals surface area contributed by atoms with Gasteiger partial charge in [0.05, 0.1) is 13.1 Å². The van der Waals surface area contributed by atoms with Crippen LogP contribution in [0.5, 0.6) is 0 Å². The lowest BCUT2D eigenvalue weighted by atomic mass is 10.1. The van der Waals surface area contributed by atoms with Gasteiger partial charge < -0.3 is 10.2 Å². The molecule has 1 unspecified atom stereocenters. The highest BCUT2D eigenvalue weighted by Gasteiger charge is 2.24. The van der Waals surface area contributed by atoms with Gasteiger partial charge in [0.15, 0.2) is 5.96 Å². The molecule has 0 aliphatic carbocycles. The van der Waals surface area contributed by atoms with Gasteiger partial charge in [0, 0.05) is 43.0 Å². The summed E-state index contributed by atoms with van der Waals surface area (Å²) >= 11 is 2.09. The molecule has 1 aromatic rings. The van der Waals surface area contributed by atoms with Gasteiger partial charge in [-0.05, 0) is 18.9 Å². The first-order valence-electron chi connectivity index (χ1n) is 7.83.